The first-order chi connectivity index (χ1) is 14.9. The van der Waals surface area contributed by atoms with E-state index in [1.807, 2.05) is 32.0 Å². The van der Waals surface area contributed by atoms with E-state index in [-0.39, 0.29) is 11.3 Å². The van der Waals surface area contributed by atoms with Gasteiger partial charge in [0.2, 0.25) is 0 Å². The number of Topliss-reactive ketones (excluding diaryl/α,β-unsaturated/α-hetero) is 1. The van der Waals surface area contributed by atoms with Crippen molar-refractivity contribution in [2.45, 2.75) is 19.9 Å². The van der Waals surface area contributed by atoms with Crippen LogP contribution in [0.3, 0.4) is 0 Å². The number of aliphatic hydroxyl groups is 1. The number of anilines is 1. The molecule has 4 rings (SSSR count). The van der Waals surface area contributed by atoms with Gasteiger partial charge in [0.25, 0.3) is 11.7 Å². The quantitative estimate of drug-likeness (QED) is 0.390. The standard InChI is InChI=1S/C25H22N2O4/c1-15-12-16(2)14-18(13-15)27-22(20-6-4-5-11-26-20)21(24(29)25(27)30)23(28)17-7-9-19(31-3)10-8-17/h4-14,22,28H,1-3H3/b23-21+. The Bertz CT molecular complexity index is 1160. The van der Waals surface area contributed by atoms with Crippen LogP contribution in [0.2, 0.25) is 0 Å². The topological polar surface area (TPSA) is 79.7 Å². The molecule has 1 aromatic heterocycles. The number of amides is 1. The van der Waals surface area contributed by atoms with Gasteiger partial charge >= 0.3 is 0 Å². The van der Waals surface area contributed by atoms with Crippen LogP contribution in [-0.4, -0.2) is 28.9 Å². The summed E-state index contributed by atoms with van der Waals surface area (Å²) in [5.74, 6) is -1.07. The number of hydrogen-bond acceptors (Lipinski definition) is 5. The number of pyridine rings is 1. The third-order valence-electron chi connectivity index (χ3n) is 5.26. The highest BCUT2D eigenvalue weighted by Gasteiger charge is 2.47. The molecule has 1 N–H and O–H groups in total. The molecule has 3 aromatic rings. The number of aliphatic hydroxyl groups excluding tert-OH is 1. The second-order valence-corrected chi connectivity index (χ2v) is 7.50. The van der Waals surface area contributed by atoms with Crippen molar-refractivity contribution in [3.8, 4) is 5.75 Å². The maximum atomic E-state index is 13.1. The molecule has 1 aliphatic rings. The Hall–Kier alpha value is -3.93. The highest BCUT2D eigenvalue weighted by Crippen LogP contribution is 2.42. The number of methoxy groups -OCH3 is 1. The molecular weight excluding hydrogens is 392 g/mol. The molecule has 2 aromatic carbocycles. The molecule has 1 atom stereocenters. The maximum Gasteiger partial charge on any atom is 0.300 e. The summed E-state index contributed by atoms with van der Waals surface area (Å²) >= 11 is 0. The van der Waals surface area contributed by atoms with Crippen molar-refractivity contribution >= 4 is 23.1 Å². The number of aryl methyl sites for hydroxylation is 2. The molecule has 0 saturated carbocycles. The van der Waals surface area contributed by atoms with Crippen molar-refractivity contribution in [2.24, 2.45) is 0 Å². The number of hydrogen-bond donors (Lipinski definition) is 1. The Morgan fingerprint density at radius 3 is 2.26 bits per heavy atom. The zero-order chi connectivity index (χ0) is 22.1. The van der Waals surface area contributed by atoms with Gasteiger partial charge in [-0.05, 0) is 73.5 Å². The van der Waals surface area contributed by atoms with Gasteiger partial charge in [-0.1, -0.05) is 12.1 Å². The minimum Gasteiger partial charge on any atom is -0.507 e. The highest BCUT2D eigenvalue weighted by molar-refractivity contribution is 6.51. The average molecular weight is 414 g/mol. The van der Waals surface area contributed by atoms with E-state index in [4.69, 9.17) is 4.74 Å². The minimum absolute atomic E-state index is 0.00743. The summed E-state index contributed by atoms with van der Waals surface area (Å²) in [5.41, 5.74) is 3.44. The summed E-state index contributed by atoms with van der Waals surface area (Å²) < 4.78 is 5.16. The monoisotopic (exact) mass is 414 g/mol. The number of benzene rings is 2. The fourth-order valence-electron chi connectivity index (χ4n) is 3.91. The third-order valence-corrected chi connectivity index (χ3v) is 5.26. The van der Waals surface area contributed by atoms with Gasteiger partial charge in [0.1, 0.15) is 17.6 Å². The fourth-order valence-corrected chi connectivity index (χ4v) is 3.91. The zero-order valence-corrected chi connectivity index (χ0v) is 17.5. The molecule has 1 fully saturated rings. The first kappa shape index (κ1) is 20.3. The first-order valence-electron chi connectivity index (χ1n) is 9.85. The van der Waals surface area contributed by atoms with Crippen LogP contribution in [0.1, 0.15) is 28.4 Å². The lowest BCUT2D eigenvalue weighted by Crippen LogP contribution is -2.30. The van der Waals surface area contributed by atoms with Crippen molar-refractivity contribution in [3.05, 3.63) is 94.8 Å². The molecule has 0 spiro atoms. The molecule has 0 aliphatic carbocycles. The minimum atomic E-state index is -0.843. The molecule has 2 heterocycles. The average Bonchev–Trinajstić information content (AvgIpc) is 3.04. The van der Waals surface area contributed by atoms with Crippen molar-refractivity contribution < 1.29 is 19.4 Å². The zero-order valence-electron chi connectivity index (χ0n) is 17.5. The number of carbonyl (C=O) groups excluding carboxylic acids is 2. The SMILES string of the molecule is COc1ccc(/C(O)=C2\C(=O)C(=O)N(c3cc(C)cc(C)c3)C2c2ccccn2)cc1. The summed E-state index contributed by atoms with van der Waals surface area (Å²) in [6.07, 6.45) is 1.60. The lowest BCUT2D eigenvalue weighted by molar-refractivity contribution is -0.132. The maximum absolute atomic E-state index is 13.1. The number of ketones is 1. The number of rotatable bonds is 4. The van der Waals surface area contributed by atoms with Crippen LogP contribution >= 0.6 is 0 Å². The van der Waals surface area contributed by atoms with E-state index in [9.17, 15) is 14.7 Å². The van der Waals surface area contributed by atoms with E-state index in [1.165, 1.54) is 4.90 Å². The second-order valence-electron chi connectivity index (χ2n) is 7.50. The van der Waals surface area contributed by atoms with Crippen molar-refractivity contribution in [2.75, 3.05) is 12.0 Å². The van der Waals surface area contributed by atoms with Crippen LogP contribution < -0.4 is 9.64 Å². The molecule has 6 nitrogen and oxygen atoms in total. The van der Waals surface area contributed by atoms with Gasteiger partial charge in [-0.2, -0.15) is 0 Å². The molecule has 0 radical (unpaired) electrons. The molecule has 0 bridgehead atoms. The molecule has 1 amide bonds. The fraction of sp³-hybridized carbons (Fsp3) is 0.160. The predicted octanol–water partition coefficient (Wildman–Crippen LogP) is 4.33. The summed E-state index contributed by atoms with van der Waals surface area (Å²) in [5, 5.41) is 11.1. The molecule has 1 aliphatic heterocycles. The van der Waals surface area contributed by atoms with Gasteiger partial charge in [0.15, 0.2) is 0 Å². The van der Waals surface area contributed by atoms with Crippen LogP contribution in [0.15, 0.2) is 72.4 Å². The van der Waals surface area contributed by atoms with Gasteiger partial charge < -0.3 is 9.84 Å². The summed E-state index contributed by atoms with van der Waals surface area (Å²) in [4.78, 5) is 32.1. The van der Waals surface area contributed by atoms with Gasteiger partial charge in [-0.3, -0.25) is 19.5 Å². The lowest BCUT2D eigenvalue weighted by atomic mass is 9.98. The summed E-state index contributed by atoms with van der Waals surface area (Å²) in [6, 6.07) is 16.8. The van der Waals surface area contributed by atoms with Crippen molar-refractivity contribution in [1.29, 1.82) is 0 Å². The van der Waals surface area contributed by atoms with Crippen LogP contribution in [-0.2, 0) is 9.59 Å². The van der Waals surface area contributed by atoms with E-state index >= 15 is 0 Å². The Labute approximate surface area is 180 Å². The molecule has 6 heteroatoms. The van der Waals surface area contributed by atoms with E-state index in [0.29, 0.717) is 22.7 Å². The Morgan fingerprint density at radius 2 is 1.68 bits per heavy atom. The number of ether oxygens (including phenoxy) is 1. The number of carbonyl (C=O) groups is 2. The van der Waals surface area contributed by atoms with Crippen LogP contribution in [0.5, 0.6) is 5.75 Å². The van der Waals surface area contributed by atoms with E-state index in [0.717, 1.165) is 11.1 Å². The Kier molecular flexibility index (Phi) is 5.29. The largest absolute Gasteiger partial charge is 0.507 e. The second kappa shape index (κ2) is 8.07. The molecule has 156 valence electrons. The lowest BCUT2D eigenvalue weighted by Gasteiger charge is -2.25. The molecular formula is C25H22N2O4. The van der Waals surface area contributed by atoms with E-state index < -0.39 is 17.7 Å². The van der Waals surface area contributed by atoms with Gasteiger partial charge in [-0.25, -0.2) is 0 Å². The van der Waals surface area contributed by atoms with Gasteiger partial charge in [0.05, 0.1) is 18.4 Å². The molecule has 31 heavy (non-hydrogen) atoms. The molecule has 1 saturated heterocycles. The van der Waals surface area contributed by atoms with E-state index in [1.54, 1.807) is 55.8 Å². The smallest absolute Gasteiger partial charge is 0.300 e. The van der Waals surface area contributed by atoms with Crippen LogP contribution in [0.4, 0.5) is 5.69 Å². The van der Waals surface area contributed by atoms with E-state index in [2.05, 4.69) is 4.98 Å². The predicted molar refractivity (Wildman–Crippen MR) is 118 cm³/mol. The molecule has 1 unspecified atom stereocenters. The highest BCUT2D eigenvalue weighted by atomic mass is 16.5. The Balaban J connectivity index is 1.93. The van der Waals surface area contributed by atoms with Crippen molar-refractivity contribution in [3.63, 3.8) is 0 Å². The van der Waals surface area contributed by atoms with Crippen LogP contribution in [0, 0.1) is 13.8 Å². The number of nitrogens with zero attached hydrogens (tertiary/aromatic N) is 2. The first-order valence-corrected chi connectivity index (χ1v) is 9.85. The normalized spacial score (nSPS) is 17.8. The third kappa shape index (κ3) is 3.68. The number of aromatic nitrogens is 1. The summed E-state index contributed by atoms with van der Waals surface area (Å²) in [6.45, 7) is 3.86. The van der Waals surface area contributed by atoms with Crippen molar-refractivity contribution in [1.82, 2.24) is 4.98 Å². The van der Waals surface area contributed by atoms with Gasteiger partial charge in [-0.15, -0.1) is 0 Å². The van der Waals surface area contributed by atoms with Gasteiger partial charge in [0, 0.05) is 17.4 Å². The van der Waals surface area contributed by atoms with Crippen LogP contribution in [0.25, 0.3) is 5.76 Å². The Morgan fingerprint density at radius 1 is 1.00 bits per heavy atom. The summed E-state index contributed by atoms with van der Waals surface area (Å²) in [7, 11) is 1.55.